The molecule has 0 bridgehead atoms. The number of rotatable bonds is 7. The number of nitrogens with one attached hydrogen (secondary N) is 1. The molecule has 0 fully saturated rings. The van der Waals surface area contributed by atoms with Gasteiger partial charge in [-0.25, -0.2) is 4.98 Å². The molecule has 5 nitrogen and oxygen atoms in total. The van der Waals surface area contributed by atoms with Crippen LogP contribution >= 0.6 is 22.9 Å². The largest absolute Gasteiger partial charge is 0.485 e. The second-order valence-corrected chi connectivity index (χ2v) is 6.60. The zero-order valence-electron chi connectivity index (χ0n) is 13.3. The maximum absolute atomic E-state index is 12.1. The van der Waals surface area contributed by atoms with E-state index in [0.29, 0.717) is 23.9 Å². The zero-order chi connectivity index (χ0) is 17.5. The van der Waals surface area contributed by atoms with Gasteiger partial charge in [-0.2, -0.15) is 0 Å². The maximum Gasteiger partial charge on any atom is 0.226 e. The summed E-state index contributed by atoms with van der Waals surface area (Å²) in [5.41, 5.74) is 1.62. The Labute approximate surface area is 154 Å². The first-order valence-electron chi connectivity index (χ1n) is 7.67. The number of aromatic nitrogens is 2. The Kier molecular flexibility index (Phi) is 5.98. The lowest BCUT2D eigenvalue weighted by atomic mass is 10.2. The van der Waals surface area contributed by atoms with Crippen molar-refractivity contribution >= 4 is 28.8 Å². The molecular formula is C18H16ClN3O2S. The van der Waals surface area contributed by atoms with E-state index in [2.05, 4.69) is 15.3 Å². The first-order valence-corrected chi connectivity index (χ1v) is 8.92. The Morgan fingerprint density at radius 2 is 2.12 bits per heavy atom. The van der Waals surface area contributed by atoms with E-state index in [1.165, 1.54) is 11.3 Å². The molecule has 3 rings (SSSR count). The third-order valence-electron chi connectivity index (χ3n) is 3.37. The topological polar surface area (TPSA) is 64.1 Å². The van der Waals surface area contributed by atoms with Gasteiger partial charge in [0.05, 0.1) is 18.3 Å². The van der Waals surface area contributed by atoms with Crippen LogP contribution in [-0.4, -0.2) is 15.9 Å². The lowest BCUT2D eigenvalue weighted by molar-refractivity contribution is -0.120. The van der Waals surface area contributed by atoms with Crippen LogP contribution in [0.25, 0.3) is 0 Å². The molecule has 0 atom stereocenters. The van der Waals surface area contributed by atoms with E-state index >= 15 is 0 Å². The van der Waals surface area contributed by atoms with Crippen LogP contribution in [0.5, 0.6) is 5.75 Å². The standard InChI is InChI=1S/C18H16ClN3O2S/c19-16-6-2-1-4-13(16)9-21-17(23)8-14-12-25-18(22-14)11-24-15-5-3-7-20-10-15/h1-7,10,12H,8-9,11H2,(H,21,23). The monoisotopic (exact) mass is 373 g/mol. The van der Waals surface area contributed by atoms with Crippen LogP contribution in [0.1, 0.15) is 16.3 Å². The van der Waals surface area contributed by atoms with Crippen molar-refractivity contribution in [1.82, 2.24) is 15.3 Å². The Morgan fingerprint density at radius 1 is 1.24 bits per heavy atom. The Bertz CT molecular complexity index is 839. The number of thiazole rings is 1. The van der Waals surface area contributed by atoms with Crippen molar-refractivity contribution in [3.63, 3.8) is 0 Å². The highest BCUT2D eigenvalue weighted by Crippen LogP contribution is 2.16. The highest BCUT2D eigenvalue weighted by molar-refractivity contribution is 7.09. The SMILES string of the molecule is O=C(Cc1csc(COc2cccnc2)n1)NCc1ccccc1Cl. The number of nitrogens with zero attached hydrogens (tertiary/aromatic N) is 2. The van der Waals surface area contributed by atoms with Crippen molar-refractivity contribution < 1.29 is 9.53 Å². The summed E-state index contributed by atoms with van der Waals surface area (Å²) in [5.74, 6) is 0.599. The molecule has 25 heavy (non-hydrogen) atoms. The van der Waals surface area contributed by atoms with Gasteiger partial charge in [-0.1, -0.05) is 29.8 Å². The van der Waals surface area contributed by atoms with Gasteiger partial charge in [-0.05, 0) is 23.8 Å². The van der Waals surface area contributed by atoms with Crippen molar-refractivity contribution in [3.8, 4) is 5.75 Å². The first kappa shape index (κ1) is 17.4. The first-order chi connectivity index (χ1) is 12.2. The molecule has 0 saturated carbocycles. The van der Waals surface area contributed by atoms with Crippen molar-refractivity contribution in [2.75, 3.05) is 0 Å². The van der Waals surface area contributed by atoms with E-state index in [0.717, 1.165) is 16.3 Å². The van der Waals surface area contributed by atoms with Crippen molar-refractivity contribution in [2.24, 2.45) is 0 Å². The van der Waals surface area contributed by atoms with Crippen LogP contribution in [0.2, 0.25) is 5.02 Å². The van der Waals surface area contributed by atoms with Gasteiger partial charge in [0.2, 0.25) is 5.91 Å². The van der Waals surface area contributed by atoms with E-state index < -0.39 is 0 Å². The summed E-state index contributed by atoms with van der Waals surface area (Å²) < 4.78 is 5.60. The van der Waals surface area contributed by atoms with Crippen LogP contribution in [0, 0.1) is 0 Å². The van der Waals surface area contributed by atoms with E-state index in [4.69, 9.17) is 16.3 Å². The molecule has 0 aliphatic heterocycles. The Hall–Kier alpha value is -2.44. The maximum atomic E-state index is 12.1. The van der Waals surface area contributed by atoms with Crippen LogP contribution < -0.4 is 10.1 Å². The van der Waals surface area contributed by atoms with Gasteiger partial charge < -0.3 is 10.1 Å². The molecule has 0 spiro atoms. The van der Waals surface area contributed by atoms with Crippen LogP contribution in [0.3, 0.4) is 0 Å². The quantitative estimate of drug-likeness (QED) is 0.686. The van der Waals surface area contributed by atoms with Gasteiger partial charge in [0.15, 0.2) is 0 Å². The molecule has 1 N–H and O–H groups in total. The van der Waals surface area contributed by atoms with Gasteiger partial charge in [0, 0.05) is 23.1 Å². The van der Waals surface area contributed by atoms with E-state index in [1.54, 1.807) is 18.5 Å². The molecule has 0 aliphatic carbocycles. The predicted molar refractivity (Wildman–Crippen MR) is 97.7 cm³/mol. The number of benzene rings is 1. The predicted octanol–water partition coefficient (Wildman–Crippen LogP) is 3.63. The normalized spacial score (nSPS) is 10.4. The van der Waals surface area contributed by atoms with E-state index in [9.17, 15) is 4.79 Å². The average molecular weight is 374 g/mol. The van der Waals surface area contributed by atoms with Gasteiger partial charge in [-0.15, -0.1) is 11.3 Å². The number of carbonyl (C=O) groups excluding carboxylic acids is 1. The van der Waals surface area contributed by atoms with Crippen LogP contribution in [0.15, 0.2) is 54.2 Å². The smallest absolute Gasteiger partial charge is 0.226 e. The fourth-order valence-electron chi connectivity index (χ4n) is 2.14. The molecule has 0 unspecified atom stereocenters. The zero-order valence-corrected chi connectivity index (χ0v) is 14.9. The lowest BCUT2D eigenvalue weighted by Gasteiger charge is -2.06. The van der Waals surface area contributed by atoms with Gasteiger partial charge in [-0.3, -0.25) is 9.78 Å². The summed E-state index contributed by atoms with van der Waals surface area (Å²) in [7, 11) is 0. The molecule has 1 amide bonds. The third kappa shape index (κ3) is 5.27. The van der Waals surface area contributed by atoms with Gasteiger partial charge >= 0.3 is 0 Å². The molecule has 2 heterocycles. The highest BCUT2D eigenvalue weighted by atomic mass is 35.5. The number of hydrogen-bond donors (Lipinski definition) is 1. The highest BCUT2D eigenvalue weighted by Gasteiger charge is 2.09. The van der Waals surface area contributed by atoms with Crippen LogP contribution in [-0.2, 0) is 24.4 Å². The second-order valence-electron chi connectivity index (χ2n) is 5.25. The molecule has 128 valence electrons. The van der Waals surface area contributed by atoms with Gasteiger partial charge in [0.1, 0.15) is 17.4 Å². The molecule has 0 aliphatic rings. The van der Waals surface area contributed by atoms with Crippen molar-refractivity contribution in [3.05, 3.63) is 75.5 Å². The Balaban J connectivity index is 1.47. The summed E-state index contributed by atoms with van der Waals surface area (Å²) in [5, 5.41) is 6.19. The molecule has 2 aromatic heterocycles. The molecule has 0 radical (unpaired) electrons. The van der Waals surface area contributed by atoms with E-state index in [-0.39, 0.29) is 12.3 Å². The van der Waals surface area contributed by atoms with Crippen molar-refractivity contribution in [1.29, 1.82) is 0 Å². The summed E-state index contributed by atoms with van der Waals surface area (Å²) in [6.45, 7) is 0.761. The third-order valence-corrected chi connectivity index (χ3v) is 4.61. The minimum absolute atomic E-state index is 0.0926. The fourth-order valence-corrected chi connectivity index (χ4v) is 3.04. The summed E-state index contributed by atoms with van der Waals surface area (Å²) in [6.07, 6.45) is 3.57. The lowest BCUT2D eigenvalue weighted by Crippen LogP contribution is -2.24. The van der Waals surface area contributed by atoms with Crippen LogP contribution in [0.4, 0.5) is 0 Å². The summed E-state index contributed by atoms with van der Waals surface area (Å²) in [6, 6.07) is 11.1. The number of amides is 1. The molecular weight excluding hydrogens is 358 g/mol. The van der Waals surface area contributed by atoms with E-state index in [1.807, 2.05) is 35.7 Å². The molecule has 3 aromatic rings. The number of hydrogen-bond acceptors (Lipinski definition) is 5. The van der Waals surface area contributed by atoms with Crippen molar-refractivity contribution in [2.45, 2.75) is 19.6 Å². The summed E-state index contributed by atoms with van der Waals surface area (Å²) >= 11 is 7.55. The number of ether oxygens (including phenoxy) is 1. The fraction of sp³-hybridized carbons (Fsp3) is 0.167. The second kappa shape index (κ2) is 8.60. The molecule has 1 aromatic carbocycles. The Morgan fingerprint density at radius 3 is 2.92 bits per heavy atom. The molecule has 7 heteroatoms. The van der Waals surface area contributed by atoms with Gasteiger partial charge in [0.25, 0.3) is 0 Å². The number of carbonyl (C=O) groups is 1. The summed E-state index contributed by atoms with van der Waals surface area (Å²) in [4.78, 5) is 20.5. The minimum atomic E-state index is -0.0926. The number of halogens is 1. The minimum Gasteiger partial charge on any atom is -0.485 e. The average Bonchev–Trinajstić information content (AvgIpc) is 3.07. The number of pyridine rings is 1. The molecule has 0 saturated heterocycles.